The van der Waals surface area contributed by atoms with Crippen LogP contribution in [0.3, 0.4) is 0 Å². The number of rotatable bonds is 2. The highest BCUT2D eigenvalue weighted by Crippen LogP contribution is 2.23. The smallest absolute Gasteiger partial charge is 0.337 e. The van der Waals surface area contributed by atoms with E-state index in [-0.39, 0.29) is 11.7 Å². The van der Waals surface area contributed by atoms with E-state index in [0.717, 1.165) is 5.39 Å². The average Bonchev–Trinajstić information content (AvgIpc) is 2.74. The molecule has 2 rings (SSSR count). The third-order valence-corrected chi connectivity index (χ3v) is 2.92. The number of nitrogens with two attached hydrogens (primary N) is 2. The Hall–Kier alpha value is -2.83. The molecule has 20 heavy (non-hydrogen) atoms. The van der Waals surface area contributed by atoms with Crippen LogP contribution in [0.4, 0.5) is 0 Å². The molecular weight excluding hydrogens is 260 g/mol. The van der Waals surface area contributed by atoms with E-state index in [1.54, 1.807) is 25.1 Å². The van der Waals surface area contributed by atoms with Gasteiger partial charge in [-0.1, -0.05) is 6.07 Å². The maximum absolute atomic E-state index is 11.9. The zero-order chi connectivity index (χ0) is 14.9. The van der Waals surface area contributed by atoms with Gasteiger partial charge in [-0.15, -0.1) is 0 Å². The molecule has 1 aromatic carbocycles. The molecular formula is C13H14N4O3. The molecule has 1 aromatic heterocycles. The van der Waals surface area contributed by atoms with Gasteiger partial charge in [-0.25, -0.2) is 4.79 Å². The van der Waals surface area contributed by atoms with E-state index in [9.17, 15) is 9.59 Å². The molecule has 0 fully saturated rings. The standard InChI is InChI=1S/C13H14N4O3/c1-6-8-4-3-7(12(19)20-2)5-9(8)16-10(6)11(18)17-13(14)15/h3-5,16H,1-2H3,(H4,14,15,17,18). The number of hydrogen-bond acceptors (Lipinski definition) is 3. The van der Waals surface area contributed by atoms with Crippen molar-refractivity contribution >= 4 is 28.7 Å². The number of carbonyl (C=O) groups excluding carboxylic acids is 2. The van der Waals surface area contributed by atoms with Gasteiger partial charge in [0.05, 0.1) is 12.7 Å². The summed E-state index contributed by atoms with van der Waals surface area (Å²) in [5.41, 5.74) is 12.4. The number of methoxy groups -OCH3 is 1. The Balaban J connectivity index is 2.55. The number of fused-ring (bicyclic) bond motifs is 1. The van der Waals surface area contributed by atoms with Crippen LogP contribution in [0.25, 0.3) is 10.9 Å². The Morgan fingerprint density at radius 1 is 1.30 bits per heavy atom. The monoisotopic (exact) mass is 274 g/mol. The summed E-state index contributed by atoms with van der Waals surface area (Å²) >= 11 is 0. The van der Waals surface area contributed by atoms with Gasteiger partial charge in [0.1, 0.15) is 5.69 Å². The molecule has 5 N–H and O–H groups in total. The number of benzene rings is 1. The molecule has 0 saturated carbocycles. The van der Waals surface area contributed by atoms with Crippen LogP contribution in [0.1, 0.15) is 26.4 Å². The van der Waals surface area contributed by atoms with Crippen molar-refractivity contribution in [1.82, 2.24) is 4.98 Å². The number of esters is 1. The van der Waals surface area contributed by atoms with Crippen LogP contribution >= 0.6 is 0 Å². The normalized spacial score (nSPS) is 10.3. The van der Waals surface area contributed by atoms with Gasteiger partial charge in [-0.3, -0.25) is 4.79 Å². The number of ether oxygens (including phenoxy) is 1. The van der Waals surface area contributed by atoms with Gasteiger partial charge in [0.15, 0.2) is 5.96 Å². The molecule has 0 radical (unpaired) electrons. The predicted molar refractivity (Wildman–Crippen MR) is 74.5 cm³/mol. The van der Waals surface area contributed by atoms with E-state index in [4.69, 9.17) is 11.5 Å². The number of hydrogen-bond donors (Lipinski definition) is 3. The molecule has 0 bridgehead atoms. The summed E-state index contributed by atoms with van der Waals surface area (Å²) in [5.74, 6) is -1.31. The van der Waals surface area contributed by atoms with Gasteiger partial charge in [-0.2, -0.15) is 4.99 Å². The zero-order valence-electron chi connectivity index (χ0n) is 11.1. The topological polar surface area (TPSA) is 124 Å². The first-order valence-electron chi connectivity index (χ1n) is 5.78. The Morgan fingerprint density at radius 3 is 2.60 bits per heavy atom. The highest BCUT2D eigenvalue weighted by atomic mass is 16.5. The van der Waals surface area contributed by atoms with Crippen LogP contribution in [0.15, 0.2) is 23.2 Å². The quantitative estimate of drug-likeness (QED) is 0.422. The minimum absolute atomic E-state index is 0.287. The van der Waals surface area contributed by atoms with Crippen LogP contribution < -0.4 is 11.5 Å². The number of aromatic amines is 1. The van der Waals surface area contributed by atoms with Crippen molar-refractivity contribution in [3.05, 3.63) is 35.0 Å². The van der Waals surface area contributed by atoms with Gasteiger partial charge < -0.3 is 21.2 Å². The highest BCUT2D eigenvalue weighted by Gasteiger charge is 2.16. The molecule has 1 amide bonds. The molecule has 1 heterocycles. The molecule has 0 spiro atoms. The summed E-state index contributed by atoms with van der Waals surface area (Å²) < 4.78 is 4.65. The maximum Gasteiger partial charge on any atom is 0.337 e. The second kappa shape index (κ2) is 5.04. The Kier molecular flexibility index (Phi) is 3.43. The van der Waals surface area contributed by atoms with E-state index in [0.29, 0.717) is 16.6 Å². The lowest BCUT2D eigenvalue weighted by molar-refractivity contribution is 0.0600. The van der Waals surface area contributed by atoms with Crippen LogP contribution in [0.5, 0.6) is 0 Å². The van der Waals surface area contributed by atoms with Crippen molar-refractivity contribution in [2.24, 2.45) is 16.5 Å². The highest BCUT2D eigenvalue weighted by molar-refractivity contribution is 6.06. The lowest BCUT2D eigenvalue weighted by Gasteiger charge is -1.98. The first-order chi connectivity index (χ1) is 9.43. The number of nitrogens with zero attached hydrogens (tertiary/aromatic N) is 1. The molecule has 0 saturated heterocycles. The number of aromatic nitrogens is 1. The van der Waals surface area contributed by atoms with Crippen molar-refractivity contribution < 1.29 is 14.3 Å². The number of aryl methyl sites for hydroxylation is 1. The summed E-state index contributed by atoms with van der Waals surface area (Å²) in [4.78, 5) is 29.7. The largest absolute Gasteiger partial charge is 0.465 e. The fourth-order valence-electron chi connectivity index (χ4n) is 1.97. The molecule has 2 aromatic rings. The molecule has 0 aliphatic carbocycles. The number of amides is 1. The van der Waals surface area contributed by atoms with Crippen LogP contribution in [-0.4, -0.2) is 29.9 Å². The minimum Gasteiger partial charge on any atom is -0.465 e. The molecule has 7 nitrogen and oxygen atoms in total. The molecule has 7 heteroatoms. The number of aliphatic imine (C=N–C) groups is 1. The molecule has 0 unspecified atom stereocenters. The zero-order valence-corrected chi connectivity index (χ0v) is 11.1. The fourth-order valence-corrected chi connectivity index (χ4v) is 1.97. The first kappa shape index (κ1) is 13.6. The summed E-state index contributed by atoms with van der Waals surface area (Å²) in [7, 11) is 1.31. The molecule has 104 valence electrons. The summed E-state index contributed by atoms with van der Waals surface area (Å²) in [6.45, 7) is 1.77. The summed E-state index contributed by atoms with van der Waals surface area (Å²) in [6, 6.07) is 4.98. The lowest BCUT2D eigenvalue weighted by Crippen LogP contribution is -2.24. The second-order valence-electron chi connectivity index (χ2n) is 4.22. The number of H-pyrrole nitrogens is 1. The van der Waals surface area contributed by atoms with E-state index in [1.165, 1.54) is 7.11 Å². The summed E-state index contributed by atoms with van der Waals surface area (Å²) in [5, 5.41) is 0.812. The van der Waals surface area contributed by atoms with Gasteiger partial charge in [0.2, 0.25) is 0 Å². The SMILES string of the molecule is COC(=O)c1ccc2c(C)c(C(=O)N=C(N)N)[nH]c2c1. The minimum atomic E-state index is -0.557. The molecule has 0 atom stereocenters. The van der Waals surface area contributed by atoms with Crippen LogP contribution in [0, 0.1) is 6.92 Å². The molecule has 0 aliphatic heterocycles. The predicted octanol–water partition coefficient (Wildman–Crippen LogP) is 0.677. The maximum atomic E-state index is 11.9. The van der Waals surface area contributed by atoms with Gasteiger partial charge in [-0.05, 0) is 24.6 Å². The Bertz CT molecular complexity index is 727. The van der Waals surface area contributed by atoms with Crippen LogP contribution in [0.2, 0.25) is 0 Å². The third kappa shape index (κ3) is 2.33. The van der Waals surface area contributed by atoms with Crippen molar-refractivity contribution in [3.8, 4) is 0 Å². The lowest BCUT2D eigenvalue weighted by atomic mass is 10.1. The number of guanidine groups is 1. The van der Waals surface area contributed by atoms with Crippen molar-refractivity contribution in [1.29, 1.82) is 0 Å². The molecule has 0 aliphatic rings. The average molecular weight is 274 g/mol. The van der Waals surface area contributed by atoms with Gasteiger partial charge in [0, 0.05) is 10.9 Å². The van der Waals surface area contributed by atoms with Gasteiger partial charge in [0.25, 0.3) is 5.91 Å². The first-order valence-corrected chi connectivity index (χ1v) is 5.78. The number of carbonyl (C=O) groups is 2. The van der Waals surface area contributed by atoms with Crippen molar-refractivity contribution in [3.63, 3.8) is 0 Å². The van der Waals surface area contributed by atoms with Crippen LogP contribution in [-0.2, 0) is 4.74 Å². The second-order valence-corrected chi connectivity index (χ2v) is 4.22. The summed E-state index contributed by atoms with van der Waals surface area (Å²) in [6.07, 6.45) is 0. The Labute approximate surface area is 114 Å². The van der Waals surface area contributed by atoms with E-state index in [1.807, 2.05) is 0 Å². The van der Waals surface area contributed by atoms with E-state index >= 15 is 0 Å². The third-order valence-electron chi connectivity index (χ3n) is 2.92. The van der Waals surface area contributed by atoms with Crippen molar-refractivity contribution in [2.45, 2.75) is 6.92 Å². The van der Waals surface area contributed by atoms with E-state index in [2.05, 4.69) is 14.7 Å². The van der Waals surface area contributed by atoms with E-state index < -0.39 is 11.9 Å². The fraction of sp³-hybridized carbons (Fsp3) is 0.154. The van der Waals surface area contributed by atoms with Crippen molar-refractivity contribution in [2.75, 3.05) is 7.11 Å². The Morgan fingerprint density at radius 2 is 2.00 bits per heavy atom. The van der Waals surface area contributed by atoms with Gasteiger partial charge >= 0.3 is 5.97 Å². The number of nitrogens with one attached hydrogen (secondary N) is 1.